The molecule has 2 rings (SSSR count). The number of rotatable bonds is 4. The number of ether oxygens (including phenoxy) is 1. The predicted molar refractivity (Wildman–Crippen MR) is 85.2 cm³/mol. The molecule has 112 valence electrons. The summed E-state index contributed by atoms with van der Waals surface area (Å²) in [7, 11) is -2.37. The number of nitriles is 1. The van der Waals surface area contributed by atoms with Gasteiger partial charge in [-0.05, 0) is 35.9 Å². The lowest BCUT2D eigenvalue weighted by Crippen LogP contribution is -2.03. The topological polar surface area (TPSA) is 67.2 Å². The molecule has 0 aromatic heterocycles. The lowest BCUT2D eigenvalue weighted by molar-refractivity contribution is 0.415. The Labute approximate surface area is 134 Å². The second-order valence-corrected chi connectivity index (χ2v) is 6.66. The molecule has 0 amide bonds. The fourth-order valence-electron chi connectivity index (χ4n) is 1.82. The molecule has 0 saturated heterocycles. The van der Waals surface area contributed by atoms with Crippen LogP contribution in [0.2, 0.25) is 5.02 Å². The smallest absolute Gasteiger partial charge is 0.216 e. The Morgan fingerprint density at radius 1 is 1.23 bits per heavy atom. The van der Waals surface area contributed by atoms with Gasteiger partial charge in [-0.1, -0.05) is 35.9 Å². The lowest BCUT2D eigenvalue weighted by atomic mass is 10.2. The number of halogens is 1. The van der Waals surface area contributed by atoms with Crippen LogP contribution in [-0.4, -0.2) is 15.5 Å². The van der Waals surface area contributed by atoms with Gasteiger partial charge in [-0.2, -0.15) is 5.26 Å². The average Bonchev–Trinajstić information content (AvgIpc) is 2.53. The summed E-state index contributed by atoms with van der Waals surface area (Å²) in [5.41, 5.74) is 0.502. The highest BCUT2D eigenvalue weighted by Crippen LogP contribution is 2.27. The van der Waals surface area contributed by atoms with Crippen molar-refractivity contribution in [2.24, 2.45) is 0 Å². The van der Waals surface area contributed by atoms with Gasteiger partial charge in [0.05, 0.1) is 17.0 Å². The van der Waals surface area contributed by atoms with Crippen molar-refractivity contribution < 1.29 is 13.2 Å². The molecule has 6 heteroatoms. The fraction of sp³-hybridized carbons (Fsp3) is 0.0625. The highest BCUT2D eigenvalue weighted by Gasteiger charge is 2.20. The minimum Gasteiger partial charge on any atom is -0.495 e. The van der Waals surface area contributed by atoms with Crippen LogP contribution in [0.4, 0.5) is 0 Å². The van der Waals surface area contributed by atoms with Gasteiger partial charge in [0, 0.05) is 0 Å². The predicted octanol–water partition coefficient (Wildman–Crippen LogP) is 3.69. The first-order chi connectivity index (χ1) is 10.5. The zero-order valence-corrected chi connectivity index (χ0v) is 13.2. The Hall–Kier alpha value is -2.29. The van der Waals surface area contributed by atoms with E-state index in [9.17, 15) is 13.7 Å². The summed E-state index contributed by atoms with van der Waals surface area (Å²) < 4.78 is 29.9. The Morgan fingerprint density at radius 2 is 1.91 bits per heavy atom. The Bertz CT molecular complexity index is 853. The third kappa shape index (κ3) is 3.30. The number of allylic oxidation sites excluding steroid dienone is 1. The number of hydrogen-bond donors (Lipinski definition) is 0. The summed E-state index contributed by atoms with van der Waals surface area (Å²) in [6.45, 7) is 0. The summed E-state index contributed by atoms with van der Waals surface area (Å²) in [6, 6.07) is 14.3. The number of sulfone groups is 1. The summed E-state index contributed by atoms with van der Waals surface area (Å²) >= 11 is 6.00. The molecule has 0 saturated carbocycles. The highest BCUT2D eigenvalue weighted by atomic mass is 35.5. The molecule has 4 nitrogen and oxygen atoms in total. The number of benzene rings is 2. The van der Waals surface area contributed by atoms with Crippen molar-refractivity contribution in [2.75, 3.05) is 7.11 Å². The van der Waals surface area contributed by atoms with E-state index in [0.717, 1.165) is 0 Å². The second kappa shape index (κ2) is 6.65. The molecular weight excluding hydrogens is 322 g/mol. The van der Waals surface area contributed by atoms with Crippen molar-refractivity contribution in [3.8, 4) is 11.8 Å². The van der Waals surface area contributed by atoms with E-state index in [1.165, 1.54) is 31.4 Å². The van der Waals surface area contributed by atoms with Gasteiger partial charge in [-0.15, -0.1) is 0 Å². The molecule has 0 N–H and O–H groups in total. The molecule has 0 radical (unpaired) electrons. The van der Waals surface area contributed by atoms with Gasteiger partial charge in [0.25, 0.3) is 0 Å². The number of methoxy groups -OCH3 is 1. The summed E-state index contributed by atoms with van der Waals surface area (Å²) in [5.74, 6) is 0.475. The maximum atomic E-state index is 12.4. The van der Waals surface area contributed by atoms with Gasteiger partial charge in [-0.3, -0.25) is 0 Å². The van der Waals surface area contributed by atoms with Gasteiger partial charge in [0.1, 0.15) is 16.7 Å². The Kier molecular flexibility index (Phi) is 4.86. The largest absolute Gasteiger partial charge is 0.495 e. The van der Waals surface area contributed by atoms with Crippen molar-refractivity contribution in [1.29, 1.82) is 5.26 Å². The number of hydrogen-bond acceptors (Lipinski definition) is 4. The normalized spacial score (nSPS) is 11.8. The van der Waals surface area contributed by atoms with Crippen LogP contribution in [0.25, 0.3) is 6.08 Å². The Balaban J connectivity index is 2.49. The van der Waals surface area contributed by atoms with Crippen molar-refractivity contribution in [2.45, 2.75) is 4.90 Å². The lowest BCUT2D eigenvalue weighted by Gasteiger charge is -2.05. The molecule has 2 aromatic carbocycles. The number of nitrogens with zero attached hydrogens (tertiary/aromatic N) is 1. The molecular formula is C16H12ClNO3S. The maximum absolute atomic E-state index is 12.4. The van der Waals surface area contributed by atoms with E-state index in [1.54, 1.807) is 36.4 Å². The molecule has 0 unspecified atom stereocenters. The molecule has 0 aliphatic heterocycles. The van der Waals surface area contributed by atoms with Gasteiger partial charge < -0.3 is 4.74 Å². The minimum atomic E-state index is -3.85. The van der Waals surface area contributed by atoms with Crippen molar-refractivity contribution in [3.63, 3.8) is 0 Å². The third-order valence-corrected chi connectivity index (χ3v) is 4.90. The minimum absolute atomic E-state index is 0.0717. The van der Waals surface area contributed by atoms with Crippen LogP contribution < -0.4 is 4.74 Å². The summed E-state index contributed by atoms with van der Waals surface area (Å²) in [6.07, 6.45) is 1.29. The van der Waals surface area contributed by atoms with E-state index in [0.29, 0.717) is 16.3 Å². The SMILES string of the molecule is COc1ccc(C=C(C#N)S(=O)(=O)c2ccccc2)cc1Cl. The first kappa shape index (κ1) is 16.1. The molecule has 0 bridgehead atoms. The molecule has 0 atom stereocenters. The summed E-state index contributed by atoms with van der Waals surface area (Å²) in [4.78, 5) is -0.276. The van der Waals surface area contributed by atoms with Gasteiger partial charge >= 0.3 is 0 Å². The standard InChI is InChI=1S/C16H12ClNO3S/c1-21-16-8-7-12(10-15(16)17)9-14(11-18)22(19,20)13-5-3-2-4-6-13/h2-10H,1H3. The maximum Gasteiger partial charge on any atom is 0.216 e. The van der Waals surface area contributed by atoms with Crippen LogP contribution in [0.5, 0.6) is 5.75 Å². The van der Waals surface area contributed by atoms with Crippen LogP contribution in [-0.2, 0) is 9.84 Å². The van der Waals surface area contributed by atoms with E-state index in [4.69, 9.17) is 16.3 Å². The summed E-state index contributed by atoms with van der Waals surface area (Å²) in [5, 5.41) is 9.54. The molecule has 0 spiro atoms. The van der Waals surface area contributed by atoms with Crippen molar-refractivity contribution in [1.82, 2.24) is 0 Å². The highest BCUT2D eigenvalue weighted by molar-refractivity contribution is 7.95. The van der Waals surface area contributed by atoms with Crippen LogP contribution in [0.1, 0.15) is 5.56 Å². The first-order valence-electron chi connectivity index (χ1n) is 6.24. The molecule has 22 heavy (non-hydrogen) atoms. The molecule has 0 aliphatic carbocycles. The monoisotopic (exact) mass is 333 g/mol. The van der Waals surface area contributed by atoms with Crippen molar-refractivity contribution in [3.05, 3.63) is 64.0 Å². The average molecular weight is 334 g/mol. The van der Waals surface area contributed by atoms with Crippen LogP contribution in [0.3, 0.4) is 0 Å². The molecule has 0 aliphatic rings. The zero-order valence-electron chi connectivity index (χ0n) is 11.7. The first-order valence-corrected chi connectivity index (χ1v) is 8.10. The van der Waals surface area contributed by atoms with Gasteiger partial charge in [-0.25, -0.2) is 8.42 Å². The van der Waals surface area contributed by atoms with Crippen LogP contribution in [0.15, 0.2) is 58.3 Å². The second-order valence-electron chi connectivity index (χ2n) is 4.33. The molecule has 2 aromatic rings. The van der Waals surface area contributed by atoms with E-state index >= 15 is 0 Å². The van der Waals surface area contributed by atoms with E-state index < -0.39 is 9.84 Å². The quantitative estimate of drug-likeness (QED) is 0.800. The van der Waals surface area contributed by atoms with Crippen LogP contribution in [0, 0.1) is 11.3 Å². The molecule has 0 fully saturated rings. The zero-order chi connectivity index (χ0) is 16.2. The Morgan fingerprint density at radius 3 is 2.45 bits per heavy atom. The van der Waals surface area contributed by atoms with Gasteiger partial charge in [0.2, 0.25) is 9.84 Å². The van der Waals surface area contributed by atoms with Crippen molar-refractivity contribution >= 4 is 27.5 Å². The fourth-order valence-corrected chi connectivity index (χ4v) is 3.27. The third-order valence-electron chi connectivity index (χ3n) is 2.93. The molecule has 0 heterocycles. The van der Waals surface area contributed by atoms with E-state index in [-0.39, 0.29) is 9.80 Å². The van der Waals surface area contributed by atoms with Gasteiger partial charge in [0.15, 0.2) is 0 Å². The van der Waals surface area contributed by atoms with E-state index in [2.05, 4.69) is 0 Å². The van der Waals surface area contributed by atoms with Crippen LogP contribution >= 0.6 is 11.6 Å². The van der Waals surface area contributed by atoms with E-state index in [1.807, 2.05) is 0 Å².